The number of ketones is 1. The number of carbonyl (C=O) groups excluding carboxylic acids is 1. The van der Waals surface area contributed by atoms with Crippen LogP contribution in [-0.4, -0.2) is 32.3 Å². The van der Waals surface area contributed by atoms with Crippen molar-refractivity contribution in [3.63, 3.8) is 0 Å². The second kappa shape index (κ2) is 8.36. The lowest BCUT2D eigenvalue weighted by Gasteiger charge is -2.10. The summed E-state index contributed by atoms with van der Waals surface area (Å²) in [5, 5.41) is 37.9. The fourth-order valence-corrected chi connectivity index (χ4v) is 2.47. The molecular formula is C19H22O5. The molecule has 0 amide bonds. The third-order valence-corrected chi connectivity index (χ3v) is 3.90. The van der Waals surface area contributed by atoms with Crippen LogP contribution in [0.5, 0.6) is 17.2 Å². The Morgan fingerprint density at radius 3 is 2.21 bits per heavy atom. The van der Waals surface area contributed by atoms with Gasteiger partial charge in [0.15, 0.2) is 11.5 Å². The predicted molar refractivity (Wildman–Crippen MR) is 90.2 cm³/mol. The summed E-state index contributed by atoms with van der Waals surface area (Å²) in [7, 11) is 0. The second-order valence-corrected chi connectivity index (χ2v) is 5.92. The van der Waals surface area contributed by atoms with Gasteiger partial charge in [-0.15, -0.1) is 0 Å². The van der Waals surface area contributed by atoms with Gasteiger partial charge in [0.05, 0.1) is 6.10 Å². The second-order valence-electron chi connectivity index (χ2n) is 5.92. The lowest BCUT2D eigenvalue weighted by Crippen LogP contribution is -2.14. The molecule has 0 spiro atoms. The predicted octanol–water partition coefficient (Wildman–Crippen LogP) is 2.69. The first kappa shape index (κ1) is 17.8. The normalized spacial score (nSPS) is 12.0. The van der Waals surface area contributed by atoms with Crippen molar-refractivity contribution in [1.82, 2.24) is 0 Å². The van der Waals surface area contributed by atoms with E-state index in [1.54, 1.807) is 30.3 Å². The van der Waals surface area contributed by atoms with E-state index in [9.17, 15) is 25.2 Å². The minimum Gasteiger partial charge on any atom is -0.508 e. The number of phenolic OH excluding ortho intramolecular Hbond substituents is 3. The zero-order valence-corrected chi connectivity index (χ0v) is 13.4. The smallest absolute Gasteiger partial charge is 0.157 e. The van der Waals surface area contributed by atoms with E-state index in [4.69, 9.17) is 0 Å². The molecule has 5 nitrogen and oxygen atoms in total. The maximum Gasteiger partial charge on any atom is 0.157 e. The van der Waals surface area contributed by atoms with Crippen LogP contribution in [0.15, 0.2) is 42.5 Å². The highest BCUT2D eigenvalue weighted by atomic mass is 16.3. The molecule has 2 aromatic rings. The van der Waals surface area contributed by atoms with Gasteiger partial charge in [-0.3, -0.25) is 4.79 Å². The molecule has 0 aliphatic heterocycles. The van der Waals surface area contributed by atoms with E-state index < -0.39 is 6.10 Å². The first-order valence-corrected chi connectivity index (χ1v) is 7.92. The number of aliphatic hydroxyl groups is 1. The Morgan fingerprint density at radius 2 is 1.54 bits per heavy atom. The molecule has 0 bridgehead atoms. The average molecular weight is 330 g/mol. The highest BCUT2D eigenvalue weighted by molar-refractivity contribution is 5.79. The molecule has 0 saturated carbocycles. The number of phenols is 3. The molecule has 128 valence electrons. The molecule has 24 heavy (non-hydrogen) atoms. The van der Waals surface area contributed by atoms with E-state index in [-0.39, 0.29) is 29.5 Å². The van der Waals surface area contributed by atoms with E-state index in [1.807, 2.05) is 0 Å². The van der Waals surface area contributed by atoms with Crippen molar-refractivity contribution < 1.29 is 25.2 Å². The van der Waals surface area contributed by atoms with Gasteiger partial charge in [-0.2, -0.15) is 0 Å². The van der Waals surface area contributed by atoms with Crippen molar-refractivity contribution >= 4 is 5.78 Å². The SMILES string of the molecule is O=C(CCc1ccc(O)cc1)C[C@@H](O)CCc1ccc(O)c(O)c1. The number of carbonyl (C=O) groups is 1. The Bertz CT molecular complexity index is 679. The lowest BCUT2D eigenvalue weighted by atomic mass is 10.00. The van der Waals surface area contributed by atoms with Gasteiger partial charge in [0, 0.05) is 12.8 Å². The number of aromatic hydroxyl groups is 3. The third kappa shape index (κ3) is 5.59. The van der Waals surface area contributed by atoms with E-state index in [0.717, 1.165) is 11.1 Å². The molecule has 0 aromatic heterocycles. The first-order valence-electron chi connectivity index (χ1n) is 7.92. The summed E-state index contributed by atoms with van der Waals surface area (Å²) < 4.78 is 0. The molecule has 2 rings (SSSR count). The molecule has 0 unspecified atom stereocenters. The van der Waals surface area contributed by atoms with Gasteiger partial charge < -0.3 is 20.4 Å². The van der Waals surface area contributed by atoms with Crippen molar-refractivity contribution in [3.05, 3.63) is 53.6 Å². The summed E-state index contributed by atoms with van der Waals surface area (Å²) >= 11 is 0. The Kier molecular flexibility index (Phi) is 6.21. The summed E-state index contributed by atoms with van der Waals surface area (Å²) in [6, 6.07) is 11.2. The van der Waals surface area contributed by atoms with Gasteiger partial charge in [0.25, 0.3) is 0 Å². The zero-order valence-electron chi connectivity index (χ0n) is 13.4. The number of aliphatic hydroxyl groups excluding tert-OH is 1. The number of hydrogen-bond donors (Lipinski definition) is 4. The maximum absolute atomic E-state index is 11.9. The van der Waals surface area contributed by atoms with Gasteiger partial charge in [-0.05, 0) is 54.7 Å². The molecule has 4 N–H and O–H groups in total. The van der Waals surface area contributed by atoms with Crippen molar-refractivity contribution in [3.8, 4) is 17.2 Å². The minimum absolute atomic E-state index is 0.0101. The highest BCUT2D eigenvalue weighted by Crippen LogP contribution is 2.25. The molecule has 5 heteroatoms. The summed E-state index contributed by atoms with van der Waals surface area (Å²) in [5.74, 6) is -0.180. The van der Waals surface area contributed by atoms with Gasteiger partial charge in [0.1, 0.15) is 11.5 Å². The summed E-state index contributed by atoms with van der Waals surface area (Å²) in [6.45, 7) is 0. The van der Waals surface area contributed by atoms with E-state index >= 15 is 0 Å². The molecule has 1 atom stereocenters. The molecule has 0 heterocycles. The van der Waals surface area contributed by atoms with Crippen LogP contribution in [-0.2, 0) is 17.6 Å². The summed E-state index contributed by atoms with van der Waals surface area (Å²) in [6.07, 6.45) is 1.23. The lowest BCUT2D eigenvalue weighted by molar-refractivity contribution is -0.120. The maximum atomic E-state index is 11.9. The van der Waals surface area contributed by atoms with Crippen LogP contribution >= 0.6 is 0 Å². The van der Waals surface area contributed by atoms with Crippen LogP contribution in [0.25, 0.3) is 0 Å². The summed E-state index contributed by atoms with van der Waals surface area (Å²) in [5.41, 5.74) is 1.76. The Labute approximate surface area is 140 Å². The number of benzene rings is 2. The van der Waals surface area contributed by atoms with E-state index in [0.29, 0.717) is 25.7 Å². The van der Waals surface area contributed by atoms with Crippen LogP contribution in [0.4, 0.5) is 0 Å². The topological polar surface area (TPSA) is 98.0 Å². The monoisotopic (exact) mass is 330 g/mol. The minimum atomic E-state index is -0.728. The molecule has 0 radical (unpaired) electrons. The van der Waals surface area contributed by atoms with Gasteiger partial charge >= 0.3 is 0 Å². The molecule has 0 saturated heterocycles. The van der Waals surface area contributed by atoms with Crippen molar-refractivity contribution in [2.24, 2.45) is 0 Å². The zero-order chi connectivity index (χ0) is 17.5. The quantitative estimate of drug-likeness (QED) is 0.558. The Morgan fingerprint density at radius 1 is 0.875 bits per heavy atom. The van der Waals surface area contributed by atoms with E-state index in [1.165, 1.54) is 12.1 Å². The van der Waals surface area contributed by atoms with Gasteiger partial charge in [-0.1, -0.05) is 18.2 Å². The highest BCUT2D eigenvalue weighted by Gasteiger charge is 2.12. The largest absolute Gasteiger partial charge is 0.508 e. The van der Waals surface area contributed by atoms with Crippen molar-refractivity contribution in [2.75, 3.05) is 0 Å². The van der Waals surface area contributed by atoms with Crippen molar-refractivity contribution in [2.45, 2.75) is 38.2 Å². The van der Waals surface area contributed by atoms with Crippen LogP contribution in [0, 0.1) is 0 Å². The fraction of sp³-hybridized carbons (Fsp3) is 0.316. The van der Waals surface area contributed by atoms with Crippen LogP contribution in [0.2, 0.25) is 0 Å². The number of hydrogen-bond acceptors (Lipinski definition) is 5. The van der Waals surface area contributed by atoms with Crippen molar-refractivity contribution in [1.29, 1.82) is 0 Å². The third-order valence-electron chi connectivity index (χ3n) is 3.90. The molecular weight excluding hydrogens is 308 g/mol. The molecule has 0 aliphatic rings. The van der Waals surface area contributed by atoms with Crippen LogP contribution in [0.1, 0.15) is 30.4 Å². The standard InChI is InChI=1S/C19H22O5/c20-15-6-1-13(2-7-15)3-8-16(21)12-17(22)9-4-14-5-10-18(23)19(24)11-14/h1-2,5-7,10-11,17,20,22-24H,3-4,8-9,12H2/t17-/m0/s1. The van der Waals surface area contributed by atoms with Gasteiger partial charge in [-0.25, -0.2) is 0 Å². The number of rotatable bonds is 8. The average Bonchev–Trinajstić information content (AvgIpc) is 2.55. The molecule has 0 aliphatic carbocycles. The Balaban J connectivity index is 1.72. The first-order chi connectivity index (χ1) is 11.4. The summed E-state index contributed by atoms with van der Waals surface area (Å²) in [4.78, 5) is 11.9. The molecule has 0 fully saturated rings. The number of Topliss-reactive ketones (excluding diaryl/α,β-unsaturated/α-hetero) is 1. The van der Waals surface area contributed by atoms with Crippen LogP contribution < -0.4 is 0 Å². The van der Waals surface area contributed by atoms with Crippen LogP contribution in [0.3, 0.4) is 0 Å². The van der Waals surface area contributed by atoms with E-state index in [2.05, 4.69) is 0 Å². The van der Waals surface area contributed by atoms with Gasteiger partial charge in [0.2, 0.25) is 0 Å². The number of aryl methyl sites for hydroxylation is 2. The molecule has 2 aromatic carbocycles. The fourth-order valence-electron chi connectivity index (χ4n) is 2.47. The Hall–Kier alpha value is -2.53.